The molecule has 0 amide bonds. The third kappa shape index (κ3) is 4.23. The van der Waals surface area contributed by atoms with Crippen molar-refractivity contribution in [3.63, 3.8) is 0 Å². The van der Waals surface area contributed by atoms with Crippen LogP contribution in [0.1, 0.15) is 31.8 Å². The third-order valence-electron chi connectivity index (χ3n) is 2.95. The van der Waals surface area contributed by atoms with Crippen LogP contribution in [0.25, 0.3) is 0 Å². The first-order valence-corrected chi connectivity index (χ1v) is 6.61. The van der Waals surface area contributed by atoms with Crippen molar-refractivity contribution in [2.45, 2.75) is 0 Å². The molecular formula is C19H12O4. The van der Waals surface area contributed by atoms with Crippen LogP contribution in [-0.4, -0.2) is 18.7 Å². The second-order valence-electron chi connectivity index (χ2n) is 4.42. The van der Waals surface area contributed by atoms with Gasteiger partial charge >= 0.3 is 11.9 Å². The summed E-state index contributed by atoms with van der Waals surface area (Å²) in [5.41, 5.74) is 1.95. The fourth-order valence-electron chi connectivity index (χ4n) is 1.71. The van der Waals surface area contributed by atoms with Crippen molar-refractivity contribution in [2.75, 3.05) is 6.79 Å². The highest BCUT2D eigenvalue weighted by Gasteiger charge is 2.10. The predicted molar refractivity (Wildman–Crippen MR) is 84.5 cm³/mol. The second kappa shape index (κ2) is 7.49. The lowest BCUT2D eigenvalue weighted by molar-refractivity contribution is -0.0167. The van der Waals surface area contributed by atoms with E-state index in [-0.39, 0.29) is 0 Å². The maximum Gasteiger partial charge on any atom is 0.341 e. The molecule has 0 radical (unpaired) electrons. The van der Waals surface area contributed by atoms with Crippen molar-refractivity contribution in [1.82, 2.24) is 0 Å². The zero-order chi connectivity index (χ0) is 16.7. The van der Waals surface area contributed by atoms with Gasteiger partial charge in [-0.3, -0.25) is 0 Å². The average molecular weight is 304 g/mol. The lowest BCUT2D eigenvalue weighted by Crippen LogP contribution is -2.13. The van der Waals surface area contributed by atoms with Gasteiger partial charge in [0.05, 0.1) is 11.1 Å². The highest BCUT2D eigenvalue weighted by molar-refractivity contribution is 5.90. The maximum absolute atomic E-state index is 11.8. The SMILES string of the molecule is C#Cc1ccc(C(=O)OCOC(=O)c2ccc(C#C)cc2)cc1. The molecule has 0 aliphatic carbocycles. The van der Waals surface area contributed by atoms with Crippen LogP contribution in [0.2, 0.25) is 0 Å². The first-order chi connectivity index (χ1) is 11.1. The lowest BCUT2D eigenvalue weighted by atomic mass is 10.1. The Morgan fingerprint density at radius 3 is 1.39 bits per heavy atom. The smallest absolute Gasteiger partial charge is 0.341 e. The van der Waals surface area contributed by atoms with Gasteiger partial charge in [0, 0.05) is 11.1 Å². The minimum absolute atomic E-state index is 0.318. The van der Waals surface area contributed by atoms with E-state index in [0.29, 0.717) is 22.3 Å². The number of rotatable bonds is 4. The van der Waals surface area contributed by atoms with Crippen LogP contribution in [0, 0.1) is 24.7 Å². The molecule has 112 valence electrons. The molecule has 0 fully saturated rings. The van der Waals surface area contributed by atoms with Gasteiger partial charge in [0.25, 0.3) is 0 Å². The number of ether oxygens (including phenoxy) is 2. The standard InChI is InChI=1S/C19H12O4/c1-3-14-5-9-16(10-6-14)18(20)22-13-23-19(21)17-11-7-15(4-2)8-12-17/h1-2,5-12H,13H2. The summed E-state index contributed by atoms with van der Waals surface area (Å²) in [6.45, 7) is -0.481. The molecule has 0 bridgehead atoms. The van der Waals surface area contributed by atoms with Crippen LogP contribution in [0.15, 0.2) is 48.5 Å². The maximum atomic E-state index is 11.8. The molecule has 4 heteroatoms. The normalized spacial score (nSPS) is 9.30. The minimum atomic E-state index is -0.607. The topological polar surface area (TPSA) is 52.6 Å². The fraction of sp³-hybridized carbons (Fsp3) is 0.0526. The monoisotopic (exact) mass is 304 g/mol. The van der Waals surface area contributed by atoms with Gasteiger partial charge in [-0.1, -0.05) is 11.8 Å². The Morgan fingerprint density at radius 1 is 0.739 bits per heavy atom. The summed E-state index contributed by atoms with van der Waals surface area (Å²) in [7, 11) is 0. The molecule has 0 aromatic heterocycles. The van der Waals surface area contributed by atoms with Crippen LogP contribution in [-0.2, 0) is 9.47 Å². The highest BCUT2D eigenvalue weighted by Crippen LogP contribution is 2.07. The van der Waals surface area contributed by atoms with Crippen LogP contribution < -0.4 is 0 Å². The highest BCUT2D eigenvalue weighted by atomic mass is 16.7. The van der Waals surface area contributed by atoms with Gasteiger partial charge in [0.15, 0.2) is 0 Å². The molecule has 0 aliphatic heterocycles. The molecule has 0 atom stereocenters. The van der Waals surface area contributed by atoms with Crippen molar-refractivity contribution in [3.8, 4) is 24.7 Å². The summed E-state index contributed by atoms with van der Waals surface area (Å²) in [6.07, 6.45) is 10.5. The summed E-state index contributed by atoms with van der Waals surface area (Å²) < 4.78 is 9.75. The first-order valence-electron chi connectivity index (χ1n) is 6.61. The Labute approximate surface area is 134 Å². The predicted octanol–water partition coefficient (Wildman–Crippen LogP) is 2.62. The van der Waals surface area contributed by atoms with E-state index in [0.717, 1.165) is 0 Å². The first kappa shape index (κ1) is 15.9. The number of hydrogen-bond acceptors (Lipinski definition) is 4. The zero-order valence-corrected chi connectivity index (χ0v) is 12.1. The van der Waals surface area contributed by atoms with Crippen molar-refractivity contribution >= 4 is 11.9 Å². The van der Waals surface area contributed by atoms with Gasteiger partial charge in [-0.25, -0.2) is 9.59 Å². The van der Waals surface area contributed by atoms with E-state index >= 15 is 0 Å². The van der Waals surface area contributed by atoms with E-state index in [1.54, 1.807) is 24.3 Å². The number of carbonyl (C=O) groups is 2. The van der Waals surface area contributed by atoms with Gasteiger partial charge in [-0.2, -0.15) is 0 Å². The molecule has 0 N–H and O–H groups in total. The molecule has 2 aromatic rings. The molecule has 23 heavy (non-hydrogen) atoms. The van der Waals surface area contributed by atoms with Gasteiger partial charge in [-0.15, -0.1) is 12.8 Å². The van der Waals surface area contributed by atoms with E-state index < -0.39 is 18.7 Å². The molecule has 0 saturated carbocycles. The summed E-state index contributed by atoms with van der Waals surface area (Å²) in [6, 6.07) is 12.6. The van der Waals surface area contributed by atoms with Crippen LogP contribution in [0.4, 0.5) is 0 Å². The molecule has 2 aromatic carbocycles. The van der Waals surface area contributed by atoms with Crippen molar-refractivity contribution < 1.29 is 19.1 Å². The van der Waals surface area contributed by atoms with Crippen LogP contribution in [0.5, 0.6) is 0 Å². The lowest BCUT2D eigenvalue weighted by Gasteiger charge is -2.06. The molecule has 2 rings (SSSR count). The zero-order valence-electron chi connectivity index (χ0n) is 12.1. The molecule has 0 aliphatic rings. The fourth-order valence-corrected chi connectivity index (χ4v) is 1.71. The molecule has 0 spiro atoms. The van der Waals surface area contributed by atoms with E-state index in [2.05, 4.69) is 11.8 Å². The van der Waals surface area contributed by atoms with Gasteiger partial charge in [-0.05, 0) is 48.5 Å². The molecule has 4 nitrogen and oxygen atoms in total. The minimum Gasteiger partial charge on any atom is -0.424 e. The van der Waals surface area contributed by atoms with Gasteiger partial charge in [0.1, 0.15) is 0 Å². The largest absolute Gasteiger partial charge is 0.424 e. The van der Waals surface area contributed by atoms with E-state index in [9.17, 15) is 9.59 Å². The average Bonchev–Trinajstić information content (AvgIpc) is 2.61. The molecule has 0 unspecified atom stereocenters. The number of terminal acetylenes is 2. The number of esters is 2. The Hall–Kier alpha value is -3.50. The van der Waals surface area contributed by atoms with Gasteiger partial charge in [0.2, 0.25) is 6.79 Å². The number of hydrogen-bond donors (Lipinski definition) is 0. The van der Waals surface area contributed by atoms with Crippen molar-refractivity contribution in [2.24, 2.45) is 0 Å². The molecular weight excluding hydrogens is 292 g/mol. The summed E-state index contributed by atoms with van der Waals surface area (Å²) in [5.74, 6) is 3.67. The van der Waals surface area contributed by atoms with Gasteiger partial charge < -0.3 is 9.47 Å². The van der Waals surface area contributed by atoms with Crippen LogP contribution in [0.3, 0.4) is 0 Å². The molecule has 0 saturated heterocycles. The van der Waals surface area contributed by atoms with E-state index in [4.69, 9.17) is 22.3 Å². The third-order valence-corrected chi connectivity index (χ3v) is 2.95. The number of carbonyl (C=O) groups excluding carboxylic acids is 2. The van der Waals surface area contributed by atoms with E-state index in [1.807, 2.05) is 0 Å². The van der Waals surface area contributed by atoms with Crippen molar-refractivity contribution in [1.29, 1.82) is 0 Å². The Bertz CT molecular complexity index is 718. The van der Waals surface area contributed by atoms with Crippen molar-refractivity contribution in [3.05, 3.63) is 70.8 Å². The van der Waals surface area contributed by atoms with E-state index in [1.165, 1.54) is 24.3 Å². The summed E-state index contributed by atoms with van der Waals surface area (Å²) in [4.78, 5) is 23.5. The Kier molecular flexibility index (Phi) is 5.17. The quantitative estimate of drug-likeness (QED) is 0.495. The summed E-state index contributed by atoms with van der Waals surface area (Å²) in [5, 5.41) is 0. The second-order valence-corrected chi connectivity index (χ2v) is 4.42. The van der Waals surface area contributed by atoms with Crippen LogP contribution >= 0.6 is 0 Å². The Morgan fingerprint density at radius 2 is 1.09 bits per heavy atom. The summed E-state index contributed by atoms with van der Waals surface area (Å²) >= 11 is 0. The Balaban J connectivity index is 1.86. The molecule has 0 heterocycles. The number of benzene rings is 2.